The van der Waals surface area contributed by atoms with Gasteiger partial charge in [0.05, 0.1) is 16.5 Å². The summed E-state index contributed by atoms with van der Waals surface area (Å²) in [5.41, 5.74) is 0.417. The van der Waals surface area contributed by atoms with Crippen LogP contribution in [0.25, 0.3) is 0 Å². The van der Waals surface area contributed by atoms with E-state index in [0.717, 1.165) is 11.5 Å². The Hall–Kier alpha value is 0.0300. The number of nitrogens with zero attached hydrogens (tertiary/aromatic N) is 2. The van der Waals surface area contributed by atoms with Crippen LogP contribution in [0.4, 0.5) is 0 Å². The number of carboxylic acid groups (broad SMARTS) is 1. The Kier molecular flexibility index (Phi) is 4.04. The van der Waals surface area contributed by atoms with Crippen LogP contribution in [0.2, 0.25) is 0 Å². The van der Waals surface area contributed by atoms with Crippen LogP contribution in [0.15, 0.2) is 0 Å². The summed E-state index contributed by atoms with van der Waals surface area (Å²) in [7, 11) is 0. The molecule has 0 fully saturated rings. The topological polar surface area (TPSA) is 65.9 Å². The summed E-state index contributed by atoms with van der Waals surface area (Å²) >= 11 is 0.834. The van der Waals surface area contributed by atoms with Gasteiger partial charge in [0, 0.05) is 0 Å². The second-order valence-electron chi connectivity index (χ2n) is 1.47. The number of rotatable bonds is 1. The molecule has 0 spiro atoms. The van der Waals surface area contributed by atoms with Gasteiger partial charge in [-0.15, -0.1) is 5.10 Å². The van der Waals surface area contributed by atoms with Crippen molar-refractivity contribution in [2.75, 3.05) is 0 Å². The minimum Gasteiger partial charge on any atom is -0.544 e. The van der Waals surface area contributed by atoms with Gasteiger partial charge in [0.2, 0.25) is 0 Å². The van der Waals surface area contributed by atoms with Crippen LogP contribution in [-0.2, 0) is 0 Å². The molecule has 0 saturated heterocycles. The molecule has 48 valence electrons. The minimum atomic E-state index is -1.21. The fraction of sp³-hybridized carbons (Fsp3) is 0.250. The molecule has 0 bridgehead atoms. The van der Waals surface area contributed by atoms with Crippen molar-refractivity contribution < 1.29 is 39.5 Å². The monoisotopic (exact) mass is 166 g/mol. The Labute approximate surface area is 83.7 Å². The van der Waals surface area contributed by atoms with E-state index in [-0.39, 0.29) is 34.4 Å². The number of carboxylic acids is 1. The van der Waals surface area contributed by atoms with Crippen molar-refractivity contribution >= 4 is 17.5 Å². The Bertz CT molecular complexity index is 237. The van der Waals surface area contributed by atoms with Crippen molar-refractivity contribution in [2.24, 2.45) is 0 Å². The number of aromatic nitrogens is 2. The number of hydrogen-bond donors (Lipinski definition) is 0. The van der Waals surface area contributed by atoms with Gasteiger partial charge in [-0.25, -0.2) is 0 Å². The molecule has 10 heavy (non-hydrogen) atoms. The molecule has 0 aliphatic rings. The van der Waals surface area contributed by atoms with E-state index in [1.54, 1.807) is 6.92 Å². The van der Waals surface area contributed by atoms with Crippen LogP contribution in [0.1, 0.15) is 15.4 Å². The fourth-order valence-corrected chi connectivity index (χ4v) is 0.911. The molecule has 0 saturated carbocycles. The third-order valence-corrected chi connectivity index (χ3v) is 1.64. The Morgan fingerprint density at radius 2 is 2.30 bits per heavy atom. The predicted molar refractivity (Wildman–Crippen MR) is 29.0 cm³/mol. The van der Waals surface area contributed by atoms with E-state index in [9.17, 15) is 9.90 Å². The molecule has 0 N–H and O–H groups in total. The molecule has 4 nitrogen and oxygen atoms in total. The molecule has 1 aromatic heterocycles. The summed E-state index contributed by atoms with van der Waals surface area (Å²) in [6, 6.07) is 0. The van der Waals surface area contributed by atoms with Crippen LogP contribution in [-0.4, -0.2) is 15.6 Å². The summed E-state index contributed by atoms with van der Waals surface area (Å²) < 4.78 is 3.41. The van der Waals surface area contributed by atoms with Gasteiger partial charge in [-0.05, 0) is 18.5 Å². The second-order valence-corrected chi connectivity index (χ2v) is 2.23. The SMILES string of the molecule is Cc1nnsc1C(=O)[O-].[Na+]. The van der Waals surface area contributed by atoms with Gasteiger partial charge in [-0.1, -0.05) is 4.49 Å². The van der Waals surface area contributed by atoms with E-state index in [4.69, 9.17) is 0 Å². The Morgan fingerprint density at radius 3 is 2.50 bits per heavy atom. The van der Waals surface area contributed by atoms with Crippen molar-refractivity contribution in [3.05, 3.63) is 10.6 Å². The molecule has 0 radical (unpaired) electrons. The van der Waals surface area contributed by atoms with E-state index in [2.05, 4.69) is 9.59 Å². The number of carbonyl (C=O) groups is 1. The van der Waals surface area contributed by atoms with Crippen LogP contribution in [0.3, 0.4) is 0 Å². The maximum Gasteiger partial charge on any atom is 1.00 e. The number of hydrogen-bond acceptors (Lipinski definition) is 5. The average Bonchev–Trinajstić information content (AvgIpc) is 2.13. The van der Waals surface area contributed by atoms with Crippen molar-refractivity contribution in [3.8, 4) is 0 Å². The van der Waals surface area contributed by atoms with Crippen LogP contribution in [0, 0.1) is 6.92 Å². The summed E-state index contributed by atoms with van der Waals surface area (Å²) in [4.78, 5) is 10.2. The van der Waals surface area contributed by atoms with Gasteiger partial charge in [-0.2, -0.15) is 0 Å². The standard InChI is InChI=1S/C4H4N2O2S.Na/c1-2-3(4(7)8)9-6-5-2;/h1H3,(H,7,8);/q;+1/p-1. The molecule has 0 aliphatic carbocycles. The van der Waals surface area contributed by atoms with E-state index < -0.39 is 5.97 Å². The normalized spacial score (nSPS) is 8.50. The third kappa shape index (κ3) is 2.02. The first kappa shape index (κ1) is 10.0. The zero-order valence-electron chi connectivity index (χ0n) is 5.62. The van der Waals surface area contributed by atoms with Gasteiger partial charge in [0.15, 0.2) is 0 Å². The van der Waals surface area contributed by atoms with Crippen LogP contribution >= 0.6 is 11.5 Å². The second kappa shape index (κ2) is 4.02. The molecule has 0 amide bonds. The molecule has 0 unspecified atom stereocenters. The smallest absolute Gasteiger partial charge is 0.544 e. The van der Waals surface area contributed by atoms with Crippen molar-refractivity contribution in [1.29, 1.82) is 0 Å². The largest absolute Gasteiger partial charge is 1.00 e. The van der Waals surface area contributed by atoms with Crippen molar-refractivity contribution in [1.82, 2.24) is 9.59 Å². The molecule has 0 atom stereocenters. The number of aryl methyl sites for hydroxylation is 1. The van der Waals surface area contributed by atoms with E-state index in [1.807, 2.05) is 0 Å². The predicted octanol–water partition coefficient (Wildman–Crippen LogP) is -3.79. The molecule has 1 rings (SSSR count). The number of aromatic carboxylic acids is 1. The zero-order valence-corrected chi connectivity index (χ0v) is 8.44. The summed E-state index contributed by atoms with van der Waals surface area (Å²) in [5, 5.41) is 13.6. The Morgan fingerprint density at radius 1 is 1.70 bits per heavy atom. The fourth-order valence-electron chi connectivity index (χ4n) is 0.419. The summed E-state index contributed by atoms with van der Waals surface area (Å²) in [5.74, 6) is -1.21. The van der Waals surface area contributed by atoms with E-state index in [1.165, 1.54) is 0 Å². The molecule has 6 heteroatoms. The molecule has 0 aromatic carbocycles. The van der Waals surface area contributed by atoms with Gasteiger partial charge < -0.3 is 9.90 Å². The van der Waals surface area contributed by atoms with Crippen LogP contribution in [0.5, 0.6) is 0 Å². The summed E-state index contributed by atoms with van der Waals surface area (Å²) in [6.07, 6.45) is 0. The van der Waals surface area contributed by atoms with Crippen molar-refractivity contribution in [3.63, 3.8) is 0 Å². The van der Waals surface area contributed by atoms with Gasteiger partial charge in [0.25, 0.3) is 0 Å². The average molecular weight is 166 g/mol. The van der Waals surface area contributed by atoms with Crippen molar-refractivity contribution in [2.45, 2.75) is 6.92 Å². The Balaban J connectivity index is 0.000000810. The van der Waals surface area contributed by atoms with E-state index in [0.29, 0.717) is 5.69 Å². The van der Waals surface area contributed by atoms with Crippen LogP contribution < -0.4 is 34.7 Å². The van der Waals surface area contributed by atoms with E-state index >= 15 is 0 Å². The first-order valence-corrected chi connectivity index (χ1v) is 2.99. The minimum absolute atomic E-state index is 0. The maximum atomic E-state index is 10.1. The summed E-state index contributed by atoms with van der Waals surface area (Å²) in [6.45, 7) is 1.58. The first-order valence-electron chi connectivity index (χ1n) is 2.22. The maximum absolute atomic E-state index is 10.1. The molecular weight excluding hydrogens is 163 g/mol. The third-order valence-electron chi connectivity index (χ3n) is 0.837. The molecular formula is C4H3N2NaO2S. The van der Waals surface area contributed by atoms with Gasteiger partial charge in [0.1, 0.15) is 0 Å². The quantitative estimate of drug-likeness (QED) is 0.401. The molecule has 1 aromatic rings. The zero-order chi connectivity index (χ0) is 6.85. The van der Waals surface area contributed by atoms with Gasteiger partial charge >= 0.3 is 29.6 Å². The molecule has 1 heterocycles. The van der Waals surface area contributed by atoms with Gasteiger partial charge in [-0.3, -0.25) is 0 Å². The number of carbonyl (C=O) groups excluding carboxylic acids is 1. The molecule has 0 aliphatic heterocycles. The first-order chi connectivity index (χ1) is 4.22.